The van der Waals surface area contributed by atoms with Crippen LogP contribution in [0.1, 0.15) is 12.0 Å². The van der Waals surface area contributed by atoms with Gasteiger partial charge in [0.1, 0.15) is 0 Å². The molecule has 0 aliphatic carbocycles. The molecule has 6 heterocycles. The zero-order chi connectivity index (χ0) is 27.8. The van der Waals surface area contributed by atoms with Crippen LogP contribution in [0.3, 0.4) is 0 Å². The Morgan fingerprint density at radius 1 is 0.833 bits per heavy atom. The smallest absolute Gasteiger partial charge is 0.176 e. The predicted molar refractivity (Wildman–Crippen MR) is 164 cm³/mol. The number of aromatic amines is 2. The number of piperazine rings is 1. The van der Waals surface area contributed by atoms with Crippen LogP contribution >= 0.6 is 0 Å². The minimum atomic E-state index is 0.630. The molecule has 3 aromatic carbocycles. The summed E-state index contributed by atoms with van der Waals surface area (Å²) in [6.07, 6.45) is 6.94. The molecule has 0 unspecified atom stereocenters. The van der Waals surface area contributed by atoms with Gasteiger partial charge in [0.15, 0.2) is 17.3 Å². The second-order valence-electron chi connectivity index (χ2n) is 11.8. The number of H-pyrrole nitrogens is 2. The maximum Gasteiger partial charge on any atom is 0.176 e. The molecule has 2 bridgehead atoms. The third kappa shape index (κ3) is 3.81. The van der Waals surface area contributed by atoms with Gasteiger partial charge in [0.25, 0.3) is 0 Å². The molecular weight excluding hydrogens is 524 g/mol. The highest BCUT2D eigenvalue weighted by atomic mass is 16.5. The molecule has 2 fully saturated rings. The van der Waals surface area contributed by atoms with E-state index in [-0.39, 0.29) is 0 Å². The van der Waals surface area contributed by atoms with Crippen LogP contribution in [0.4, 0.5) is 11.5 Å². The van der Waals surface area contributed by atoms with E-state index in [1.807, 2.05) is 18.6 Å². The minimum absolute atomic E-state index is 0.630. The van der Waals surface area contributed by atoms with Crippen molar-refractivity contribution in [1.29, 1.82) is 0 Å². The molecule has 9 rings (SSSR count). The SMILES string of the molecule is Cc1cc2c(cc1-c1ccc3[nH]ncc3c1)Oc1cc(-c3ccc4[nH]ncc4c3)cnc1N2CCN1C[C@H]2C[C@@H]1CN2. The Labute approximate surface area is 242 Å². The number of fused-ring (bicyclic) bond motifs is 6. The van der Waals surface area contributed by atoms with Crippen molar-refractivity contribution in [3.63, 3.8) is 0 Å². The molecule has 9 nitrogen and oxygen atoms in total. The Balaban J connectivity index is 1.12. The van der Waals surface area contributed by atoms with Gasteiger partial charge in [-0.25, -0.2) is 4.98 Å². The number of ether oxygens (including phenoxy) is 1. The zero-order valence-corrected chi connectivity index (χ0v) is 23.3. The lowest BCUT2D eigenvalue weighted by atomic mass is 9.97. The van der Waals surface area contributed by atoms with Crippen LogP contribution < -0.4 is 15.0 Å². The number of aryl methyl sites for hydroxylation is 1. The van der Waals surface area contributed by atoms with Crippen LogP contribution in [0.2, 0.25) is 0 Å². The number of benzene rings is 3. The normalized spacial score (nSPS) is 19.4. The van der Waals surface area contributed by atoms with Gasteiger partial charge in [-0.15, -0.1) is 0 Å². The van der Waals surface area contributed by atoms with Crippen molar-refractivity contribution in [2.75, 3.05) is 31.1 Å². The van der Waals surface area contributed by atoms with Gasteiger partial charge in [0.05, 0.1) is 29.1 Å². The van der Waals surface area contributed by atoms with E-state index in [9.17, 15) is 0 Å². The van der Waals surface area contributed by atoms with Crippen molar-refractivity contribution < 1.29 is 4.74 Å². The summed E-state index contributed by atoms with van der Waals surface area (Å²) in [5.41, 5.74) is 8.70. The first kappa shape index (κ1) is 23.9. The first-order valence-corrected chi connectivity index (χ1v) is 14.6. The Bertz CT molecular complexity index is 1990. The van der Waals surface area contributed by atoms with Gasteiger partial charge in [-0.2, -0.15) is 10.2 Å². The Morgan fingerprint density at radius 2 is 1.62 bits per heavy atom. The van der Waals surface area contributed by atoms with Gasteiger partial charge < -0.3 is 15.0 Å². The van der Waals surface area contributed by atoms with Crippen molar-refractivity contribution in [2.24, 2.45) is 0 Å². The summed E-state index contributed by atoms with van der Waals surface area (Å²) in [4.78, 5) is 10.00. The largest absolute Gasteiger partial charge is 0.451 e. The van der Waals surface area contributed by atoms with E-state index in [0.717, 1.165) is 93.2 Å². The highest BCUT2D eigenvalue weighted by molar-refractivity contribution is 5.88. The van der Waals surface area contributed by atoms with Crippen molar-refractivity contribution in [2.45, 2.75) is 25.4 Å². The summed E-state index contributed by atoms with van der Waals surface area (Å²) in [7, 11) is 0. The molecule has 0 saturated carbocycles. The lowest BCUT2D eigenvalue weighted by Crippen LogP contribution is -2.46. The number of anilines is 2. The second-order valence-corrected chi connectivity index (χ2v) is 11.8. The van der Waals surface area contributed by atoms with Crippen molar-refractivity contribution in [1.82, 2.24) is 35.6 Å². The minimum Gasteiger partial charge on any atom is -0.451 e. The molecule has 6 aromatic rings. The second kappa shape index (κ2) is 9.14. The quantitative estimate of drug-likeness (QED) is 0.249. The zero-order valence-electron chi connectivity index (χ0n) is 23.3. The average Bonchev–Trinajstić information content (AvgIpc) is 3.83. The van der Waals surface area contributed by atoms with Crippen molar-refractivity contribution >= 4 is 33.3 Å². The Kier molecular flexibility index (Phi) is 5.20. The molecule has 0 spiro atoms. The highest BCUT2D eigenvalue weighted by Crippen LogP contribution is 2.49. The number of hydrogen-bond donors (Lipinski definition) is 3. The molecule has 0 radical (unpaired) electrons. The van der Waals surface area contributed by atoms with Crippen molar-refractivity contribution in [3.05, 3.63) is 78.8 Å². The van der Waals surface area contributed by atoms with Gasteiger partial charge in [-0.1, -0.05) is 12.1 Å². The summed E-state index contributed by atoms with van der Waals surface area (Å²) >= 11 is 0. The lowest BCUT2D eigenvalue weighted by molar-refractivity contribution is 0.231. The van der Waals surface area contributed by atoms with Gasteiger partial charge in [0, 0.05) is 60.8 Å². The average molecular weight is 555 g/mol. The van der Waals surface area contributed by atoms with Crippen LogP contribution in [0.15, 0.2) is 73.2 Å². The third-order valence-electron chi connectivity index (χ3n) is 9.21. The van der Waals surface area contributed by atoms with E-state index < -0.39 is 0 Å². The number of rotatable bonds is 5. The van der Waals surface area contributed by atoms with Gasteiger partial charge >= 0.3 is 0 Å². The standard InChI is InChI=1S/C33H30N8O/c1-19-8-30-31(13-27(19)21-3-5-29-24(10-21)16-37-39-29)42-32-11-22(20-2-4-28-23(9-20)15-36-38-28)14-35-33(32)41(30)7-6-40-18-25-12-26(40)17-34-25/h2-5,8-11,13-16,25-26,34H,6-7,12,17-18H2,1H3,(H,36,38)(H,37,39)/t25-,26-/m1/s1. The third-order valence-corrected chi connectivity index (χ3v) is 9.21. The van der Waals surface area contributed by atoms with E-state index in [2.05, 4.69) is 97.0 Å². The van der Waals surface area contributed by atoms with E-state index in [0.29, 0.717) is 12.1 Å². The number of hydrogen-bond acceptors (Lipinski definition) is 7. The van der Waals surface area contributed by atoms with Gasteiger partial charge in [-0.3, -0.25) is 15.1 Å². The summed E-state index contributed by atoms with van der Waals surface area (Å²) in [5, 5.41) is 20.3. The first-order chi connectivity index (χ1) is 20.7. The van der Waals surface area contributed by atoms with E-state index in [1.54, 1.807) is 0 Å². The predicted octanol–water partition coefficient (Wildman–Crippen LogP) is 5.77. The summed E-state index contributed by atoms with van der Waals surface area (Å²) in [6, 6.07) is 20.5. The molecule has 0 amide bonds. The molecule has 3 aliphatic heterocycles. The Morgan fingerprint density at radius 3 is 2.38 bits per heavy atom. The fourth-order valence-electron chi connectivity index (χ4n) is 6.99. The number of likely N-dealkylation sites (tertiary alicyclic amines) is 1. The van der Waals surface area contributed by atoms with Gasteiger partial charge in [0.2, 0.25) is 0 Å². The maximum atomic E-state index is 6.69. The molecule has 9 heteroatoms. The van der Waals surface area contributed by atoms with Crippen LogP contribution in [0.25, 0.3) is 44.1 Å². The molecule has 3 N–H and O–H groups in total. The Hall–Kier alpha value is -4.73. The van der Waals surface area contributed by atoms with Gasteiger partial charge in [-0.05, 0) is 78.1 Å². The number of aromatic nitrogens is 5. The number of nitrogens with one attached hydrogen (secondary N) is 3. The summed E-state index contributed by atoms with van der Waals surface area (Å²) in [6.45, 7) is 6.22. The van der Waals surface area contributed by atoms with E-state index >= 15 is 0 Å². The highest BCUT2D eigenvalue weighted by Gasteiger charge is 2.38. The number of nitrogens with zero attached hydrogens (tertiary/aromatic N) is 5. The number of pyridine rings is 1. The van der Waals surface area contributed by atoms with E-state index in [1.165, 1.54) is 12.0 Å². The topological polar surface area (TPSA) is 98.0 Å². The fraction of sp³-hybridized carbons (Fsp3) is 0.242. The summed E-state index contributed by atoms with van der Waals surface area (Å²) < 4.78 is 6.69. The van der Waals surface area contributed by atoms with Crippen LogP contribution in [-0.2, 0) is 0 Å². The van der Waals surface area contributed by atoms with Crippen LogP contribution in [0, 0.1) is 6.92 Å². The van der Waals surface area contributed by atoms with Crippen molar-refractivity contribution in [3.8, 4) is 33.8 Å². The molecule has 42 heavy (non-hydrogen) atoms. The monoisotopic (exact) mass is 554 g/mol. The molecule has 2 atom stereocenters. The molecule has 2 saturated heterocycles. The molecule has 3 aliphatic rings. The van der Waals surface area contributed by atoms with E-state index in [4.69, 9.17) is 9.72 Å². The molecule has 208 valence electrons. The maximum absolute atomic E-state index is 6.69. The molecule has 3 aromatic heterocycles. The van der Waals surface area contributed by atoms with Crippen LogP contribution in [0.5, 0.6) is 11.5 Å². The van der Waals surface area contributed by atoms with Crippen LogP contribution in [-0.4, -0.2) is 68.5 Å². The molecular formula is C33H30N8O. The lowest BCUT2D eigenvalue weighted by Gasteiger charge is -2.35. The first-order valence-electron chi connectivity index (χ1n) is 14.6. The summed E-state index contributed by atoms with van der Waals surface area (Å²) in [5.74, 6) is 2.49. The fourth-order valence-corrected chi connectivity index (χ4v) is 6.99.